The lowest BCUT2D eigenvalue weighted by molar-refractivity contribution is 0.660. The smallest absolute Gasteiger partial charge is 0.0541 e. The first-order valence-electron chi connectivity index (χ1n) is 19.2. The van der Waals surface area contributed by atoms with Crippen molar-refractivity contribution in [1.82, 2.24) is 4.57 Å². The van der Waals surface area contributed by atoms with Gasteiger partial charge in [-0.3, -0.25) is 0 Å². The maximum atomic E-state index is 2.42. The Balaban J connectivity index is 1.05. The lowest BCUT2D eigenvalue weighted by Crippen LogP contribution is -2.16. The van der Waals surface area contributed by atoms with Crippen molar-refractivity contribution in [1.29, 1.82) is 0 Å². The minimum atomic E-state index is -0.101. The van der Waals surface area contributed by atoms with Crippen LogP contribution in [0, 0.1) is 0 Å². The van der Waals surface area contributed by atoms with Gasteiger partial charge in [-0.15, -0.1) is 0 Å². The second kappa shape index (κ2) is 12.1. The van der Waals surface area contributed by atoms with Crippen molar-refractivity contribution in [3.8, 4) is 27.9 Å². The maximum Gasteiger partial charge on any atom is 0.0541 e. The van der Waals surface area contributed by atoms with Crippen LogP contribution in [0.5, 0.6) is 0 Å². The molecule has 0 spiro atoms. The maximum absolute atomic E-state index is 2.42. The van der Waals surface area contributed by atoms with Crippen molar-refractivity contribution in [3.05, 3.63) is 205 Å². The molecule has 0 amide bonds. The zero-order valence-electron chi connectivity index (χ0n) is 30.9. The van der Waals surface area contributed by atoms with E-state index in [2.05, 4.69) is 217 Å². The Bertz CT molecular complexity index is 3060. The topological polar surface area (TPSA) is 8.17 Å². The highest BCUT2D eigenvalue weighted by Crippen LogP contribution is 2.51. The van der Waals surface area contributed by atoms with Crippen molar-refractivity contribution in [3.63, 3.8) is 0 Å². The van der Waals surface area contributed by atoms with Crippen LogP contribution in [0.15, 0.2) is 194 Å². The van der Waals surface area contributed by atoms with Crippen molar-refractivity contribution in [2.45, 2.75) is 19.3 Å². The van der Waals surface area contributed by atoms with Crippen LogP contribution in [0.25, 0.3) is 71.3 Å². The number of rotatable bonds is 5. The van der Waals surface area contributed by atoms with Gasteiger partial charge in [0.15, 0.2) is 0 Å². The van der Waals surface area contributed by atoms with Crippen LogP contribution in [0.2, 0.25) is 0 Å². The van der Waals surface area contributed by atoms with Gasteiger partial charge in [0.05, 0.1) is 11.0 Å². The monoisotopic (exact) mass is 702 g/mol. The van der Waals surface area contributed by atoms with Crippen LogP contribution in [0.4, 0.5) is 17.1 Å². The molecule has 55 heavy (non-hydrogen) atoms. The lowest BCUT2D eigenvalue weighted by Gasteiger charge is -2.28. The number of aromatic nitrogens is 1. The fourth-order valence-corrected chi connectivity index (χ4v) is 9.31. The molecule has 1 heterocycles. The molecule has 260 valence electrons. The van der Waals surface area contributed by atoms with Gasteiger partial charge in [-0.05, 0) is 116 Å². The van der Waals surface area contributed by atoms with E-state index in [0.717, 1.165) is 22.7 Å². The molecule has 0 atom stereocenters. The molecule has 1 aliphatic rings. The third-order valence-corrected chi connectivity index (χ3v) is 12.0. The number of hydrogen-bond acceptors (Lipinski definition) is 1. The Kier molecular flexibility index (Phi) is 6.93. The fraction of sp³-hybridized carbons (Fsp3) is 0.0566. The Labute approximate surface area is 321 Å². The van der Waals surface area contributed by atoms with E-state index in [4.69, 9.17) is 0 Å². The number of fused-ring (bicyclic) bond motifs is 9. The molecular weight excluding hydrogens is 665 g/mol. The van der Waals surface area contributed by atoms with E-state index in [1.807, 2.05) is 0 Å². The van der Waals surface area contributed by atoms with Gasteiger partial charge in [0.2, 0.25) is 0 Å². The first-order chi connectivity index (χ1) is 27.0. The van der Waals surface area contributed by atoms with Crippen LogP contribution in [-0.4, -0.2) is 4.57 Å². The molecular formula is C53H38N2. The molecule has 11 rings (SSSR count). The van der Waals surface area contributed by atoms with Gasteiger partial charge in [-0.25, -0.2) is 0 Å². The molecule has 0 bridgehead atoms. The highest BCUT2D eigenvalue weighted by Gasteiger charge is 2.35. The molecule has 0 fully saturated rings. The summed E-state index contributed by atoms with van der Waals surface area (Å²) in [4.78, 5) is 2.41. The van der Waals surface area contributed by atoms with E-state index < -0.39 is 0 Å². The average molecular weight is 703 g/mol. The van der Waals surface area contributed by atoms with Gasteiger partial charge >= 0.3 is 0 Å². The van der Waals surface area contributed by atoms with Crippen molar-refractivity contribution in [2.75, 3.05) is 4.90 Å². The number of hydrogen-bond donors (Lipinski definition) is 0. The lowest BCUT2D eigenvalue weighted by atomic mass is 9.82. The summed E-state index contributed by atoms with van der Waals surface area (Å²) in [5, 5.41) is 7.65. The van der Waals surface area contributed by atoms with Gasteiger partial charge in [0.1, 0.15) is 0 Å². The van der Waals surface area contributed by atoms with Crippen LogP contribution >= 0.6 is 0 Å². The Morgan fingerprint density at radius 3 is 1.69 bits per heavy atom. The van der Waals surface area contributed by atoms with Crippen LogP contribution in [0.1, 0.15) is 25.0 Å². The van der Waals surface area contributed by atoms with Crippen LogP contribution < -0.4 is 4.90 Å². The van der Waals surface area contributed by atoms with Gasteiger partial charge in [0, 0.05) is 38.9 Å². The Hall–Kier alpha value is -6.90. The summed E-state index contributed by atoms with van der Waals surface area (Å²) in [6.07, 6.45) is 0. The van der Waals surface area contributed by atoms with E-state index in [0.29, 0.717) is 0 Å². The van der Waals surface area contributed by atoms with Crippen molar-refractivity contribution < 1.29 is 0 Å². The molecule has 0 unspecified atom stereocenters. The van der Waals surface area contributed by atoms with Gasteiger partial charge < -0.3 is 9.47 Å². The minimum Gasteiger partial charge on any atom is -0.310 e. The largest absolute Gasteiger partial charge is 0.310 e. The quantitative estimate of drug-likeness (QED) is 0.162. The molecule has 0 N–H and O–H groups in total. The molecule has 0 aliphatic heterocycles. The number of benzene rings is 9. The molecule has 10 aromatic rings. The fourth-order valence-electron chi connectivity index (χ4n) is 9.31. The highest BCUT2D eigenvalue weighted by atomic mass is 15.1. The van der Waals surface area contributed by atoms with E-state index in [1.54, 1.807) is 0 Å². The first kappa shape index (κ1) is 31.6. The summed E-state index contributed by atoms with van der Waals surface area (Å²) in [6, 6.07) is 71.4. The zero-order valence-corrected chi connectivity index (χ0v) is 30.9. The molecule has 0 saturated carbocycles. The molecule has 2 heteroatoms. The second-order valence-electron chi connectivity index (χ2n) is 15.4. The standard InChI is InChI=1S/C53H38N2/c1-53(2)49-19-8-5-14-45(49)46-33-31-40(34-50(46)53)54(38-27-29-39(30-28-38)55-51-20-9-6-15-47(51)48-16-7-10-21-52(48)55)37-25-22-36(23-26-37)42-17-11-18-43-41-13-4-3-12-35(41)24-32-44(42)43/h3-34H,1-2H3. The first-order valence-corrected chi connectivity index (χ1v) is 19.2. The van der Waals surface area contributed by atoms with Gasteiger partial charge in [0.25, 0.3) is 0 Å². The molecule has 1 aromatic heterocycles. The Morgan fingerprint density at radius 2 is 0.945 bits per heavy atom. The van der Waals surface area contributed by atoms with E-state index in [1.165, 1.54) is 76.7 Å². The van der Waals surface area contributed by atoms with Crippen LogP contribution in [-0.2, 0) is 5.41 Å². The van der Waals surface area contributed by atoms with Crippen LogP contribution in [0.3, 0.4) is 0 Å². The summed E-state index contributed by atoms with van der Waals surface area (Å²) in [6.45, 7) is 4.71. The molecule has 2 nitrogen and oxygen atoms in total. The van der Waals surface area contributed by atoms with Crippen molar-refractivity contribution >= 4 is 60.4 Å². The third kappa shape index (κ3) is 4.81. The summed E-state index contributed by atoms with van der Waals surface area (Å²) in [5.74, 6) is 0. The van der Waals surface area contributed by atoms with Crippen molar-refractivity contribution in [2.24, 2.45) is 0 Å². The molecule has 0 saturated heterocycles. The summed E-state index contributed by atoms with van der Waals surface area (Å²) >= 11 is 0. The van der Waals surface area contributed by atoms with Gasteiger partial charge in [-0.1, -0.05) is 147 Å². The van der Waals surface area contributed by atoms with Gasteiger partial charge in [-0.2, -0.15) is 0 Å². The summed E-state index contributed by atoms with van der Waals surface area (Å²) < 4.78 is 2.39. The number of anilines is 3. The minimum absolute atomic E-state index is 0.101. The number of nitrogens with zero attached hydrogens (tertiary/aromatic N) is 2. The summed E-state index contributed by atoms with van der Waals surface area (Å²) in [7, 11) is 0. The second-order valence-corrected chi connectivity index (χ2v) is 15.4. The predicted molar refractivity (Wildman–Crippen MR) is 233 cm³/mol. The zero-order chi connectivity index (χ0) is 36.7. The van der Waals surface area contributed by atoms with E-state index in [9.17, 15) is 0 Å². The SMILES string of the molecule is CC1(C)c2ccccc2-c2ccc(N(c3ccc(-c4cccc5c4ccc4ccccc45)cc3)c3ccc(-n4c5ccccc5c5ccccc54)cc3)cc21. The Morgan fingerprint density at radius 1 is 0.382 bits per heavy atom. The molecule has 0 radical (unpaired) electrons. The predicted octanol–water partition coefficient (Wildman–Crippen LogP) is 14.5. The van der Waals surface area contributed by atoms with E-state index in [-0.39, 0.29) is 5.41 Å². The number of para-hydroxylation sites is 2. The van der Waals surface area contributed by atoms with E-state index >= 15 is 0 Å². The average Bonchev–Trinajstić information content (AvgIpc) is 3.69. The highest BCUT2D eigenvalue weighted by molar-refractivity contribution is 6.12. The molecule has 1 aliphatic carbocycles. The summed E-state index contributed by atoms with van der Waals surface area (Å²) in [5.41, 5.74) is 14.7. The normalized spacial score (nSPS) is 13.1. The third-order valence-electron chi connectivity index (χ3n) is 12.0. The molecule has 9 aromatic carbocycles.